The molecule has 16 heavy (non-hydrogen) atoms. The van der Waals surface area contributed by atoms with Gasteiger partial charge in [-0.1, -0.05) is 0 Å². The van der Waals surface area contributed by atoms with Crippen LogP contribution in [-0.4, -0.2) is 4.98 Å². The largest absolute Gasteiger partial charge is 0.400 e. The normalized spacial score (nSPS) is 10.1. The van der Waals surface area contributed by atoms with Crippen LogP contribution >= 0.6 is 0 Å². The fourth-order valence-corrected chi connectivity index (χ4v) is 1.23. The van der Waals surface area contributed by atoms with E-state index in [9.17, 15) is 0 Å². The van der Waals surface area contributed by atoms with Crippen LogP contribution < -0.4 is 9.45 Å². The smallest absolute Gasteiger partial charge is 0.271 e. The molecule has 4 nitrogen and oxygen atoms in total. The lowest BCUT2D eigenvalue weighted by Crippen LogP contribution is -2.29. The first-order valence-corrected chi connectivity index (χ1v) is 4.99. The Hall–Kier alpha value is -1.94. The van der Waals surface area contributed by atoms with E-state index >= 15 is 0 Å². The zero-order valence-corrected chi connectivity index (χ0v) is 9.04. The van der Waals surface area contributed by atoms with Crippen molar-refractivity contribution in [2.45, 2.75) is 6.61 Å². The molecule has 0 N–H and O–H groups in total. The highest BCUT2D eigenvalue weighted by Crippen LogP contribution is 2.04. The van der Waals surface area contributed by atoms with Crippen LogP contribution in [-0.2, 0) is 18.5 Å². The maximum atomic E-state index is 5.18. The maximum Gasteiger partial charge on any atom is 0.400 e. The van der Waals surface area contributed by atoms with E-state index in [1.807, 2.05) is 48.1 Å². The van der Waals surface area contributed by atoms with Crippen LogP contribution in [0, 0.1) is 0 Å². The molecule has 0 fully saturated rings. The first-order valence-electron chi connectivity index (χ1n) is 4.99. The van der Waals surface area contributed by atoms with Gasteiger partial charge >= 0.3 is 5.88 Å². The van der Waals surface area contributed by atoms with Crippen molar-refractivity contribution in [3.05, 3.63) is 54.5 Å². The molecule has 0 saturated heterocycles. The molecule has 0 spiro atoms. The van der Waals surface area contributed by atoms with Crippen molar-refractivity contribution in [2.75, 3.05) is 0 Å². The number of nitrogens with zero attached hydrogens (tertiary/aromatic N) is 2. The molecule has 2 aromatic rings. The first-order chi connectivity index (χ1) is 7.86. The second kappa shape index (κ2) is 5.23. The van der Waals surface area contributed by atoms with Gasteiger partial charge in [-0.25, -0.2) is 0 Å². The standard InChI is InChI=1S/C12H13N2O2/c1-14-9-3-2-4-12(14)16-15-10-11-5-7-13-8-6-11/h2-9H,10H2,1H3/q+1. The first kappa shape index (κ1) is 10.6. The Morgan fingerprint density at radius 3 is 2.75 bits per heavy atom. The zero-order valence-electron chi connectivity index (χ0n) is 9.04. The minimum atomic E-state index is 0.400. The second-order valence-corrected chi connectivity index (χ2v) is 3.35. The summed E-state index contributed by atoms with van der Waals surface area (Å²) in [6.45, 7) is 0.400. The van der Waals surface area contributed by atoms with E-state index in [2.05, 4.69) is 4.98 Å². The number of aryl methyl sites for hydroxylation is 1. The molecule has 0 aliphatic heterocycles. The maximum absolute atomic E-state index is 5.18. The summed E-state index contributed by atoms with van der Waals surface area (Å²) in [6.07, 6.45) is 5.34. The molecule has 0 amide bonds. The summed E-state index contributed by atoms with van der Waals surface area (Å²) < 4.78 is 1.84. The number of aromatic nitrogens is 2. The van der Waals surface area contributed by atoms with Gasteiger partial charge in [-0.05, 0) is 23.8 Å². The number of rotatable bonds is 4. The number of hydrogen-bond acceptors (Lipinski definition) is 3. The fraction of sp³-hybridized carbons (Fsp3) is 0.167. The summed E-state index contributed by atoms with van der Waals surface area (Å²) in [4.78, 5) is 14.2. The van der Waals surface area contributed by atoms with Gasteiger partial charge in [0.05, 0.1) is 6.07 Å². The van der Waals surface area contributed by atoms with Crippen molar-refractivity contribution in [3.8, 4) is 5.88 Å². The molecule has 0 aliphatic rings. The number of pyridine rings is 2. The average Bonchev–Trinajstić information content (AvgIpc) is 2.33. The zero-order chi connectivity index (χ0) is 11.2. The molecule has 2 heterocycles. The lowest BCUT2D eigenvalue weighted by molar-refractivity contribution is -0.685. The highest BCUT2D eigenvalue weighted by Gasteiger charge is 2.06. The molecule has 0 bridgehead atoms. The number of hydrogen-bond donors (Lipinski definition) is 0. The molecule has 0 aromatic carbocycles. The van der Waals surface area contributed by atoms with Gasteiger partial charge in [0, 0.05) is 18.5 Å². The van der Waals surface area contributed by atoms with Gasteiger partial charge in [0.25, 0.3) is 0 Å². The lowest BCUT2D eigenvalue weighted by atomic mass is 10.3. The van der Waals surface area contributed by atoms with Crippen LogP contribution in [0.2, 0.25) is 0 Å². The van der Waals surface area contributed by atoms with E-state index in [1.54, 1.807) is 12.4 Å². The third-order valence-corrected chi connectivity index (χ3v) is 2.13. The van der Waals surface area contributed by atoms with Gasteiger partial charge in [0.1, 0.15) is 13.7 Å². The van der Waals surface area contributed by atoms with Crippen LogP contribution in [0.15, 0.2) is 48.9 Å². The van der Waals surface area contributed by atoms with E-state index in [4.69, 9.17) is 9.78 Å². The molecular formula is C12H13N2O2+. The minimum Gasteiger partial charge on any atom is -0.271 e. The van der Waals surface area contributed by atoms with Gasteiger partial charge in [-0.3, -0.25) is 9.87 Å². The van der Waals surface area contributed by atoms with Crippen LogP contribution in [0.5, 0.6) is 5.88 Å². The summed E-state index contributed by atoms with van der Waals surface area (Å²) >= 11 is 0. The van der Waals surface area contributed by atoms with Gasteiger partial charge in [-0.2, -0.15) is 9.45 Å². The average molecular weight is 217 g/mol. The van der Waals surface area contributed by atoms with E-state index in [-0.39, 0.29) is 0 Å². The second-order valence-electron chi connectivity index (χ2n) is 3.35. The molecule has 0 saturated carbocycles. The topological polar surface area (TPSA) is 35.2 Å². The monoisotopic (exact) mass is 217 g/mol. The summed E-state index contributed by atoms with van der Waals surface area (Å²) in [5.74, 6) is 0.663. The molecule has 2 aromatic heterocycles. The van der Waals surface area contributed by atoms with Crippen LogP contribution in [0.1, 0.15) is 5.56 Å². The molecule has 82 valence electrons. The predicted molar refractivity (Wildman–Crippen MR) is 57.3 cm³/mol. The van der Waals surface area contributed by atoms with Gasteiger partial charge < -0.3 is 0 Å². The summed E-state index contributed by atoms with van der Waals surface area (Å²) in [5.41, 5.74) is 1.02. The quantitative estimate of drug-likeness (QED) is 0.441. The van der Waals surface area contributed by atoms with E-state index in [1.165, 1.54) is 0 Å². The van der Waals surface area contributed by atoms with E-state index in [0.717, 1.165) is 5.56 Å². The third-order valence-electron chi connectivity index (χ3n) is 2.13. The van der Waals surface area contributed by atoms with Gasteiger partial charge in [0.2, 0.25) is 0 Å². The highest BCUT2D eigenvalue weighted by molar-refractivity contribution is 5.08. The van der Waals surface area contributed by atoms with Gasteiger partial charge in [-0.15, -0.1) is 0 Å². The Bertz CT molecular complexity index is 446. The van der Waals surface area contributed by atoms with Crippen LogP contribution in [0.25, 0.3) is 0 Å². The van der Waals surface area contributed by atoms with Crippen molar-refractivity contribution in [1.29, 1.82) is 0 Å². The van der Waals surface area contributed by atoms with Crippen molar-refractivity contribution in [3.63, 3.8) is 0 Å². The predicted octanol–water partition coefficient (Wildman–Crippen LogP) is 1.42. The fourth-order valence-electron chi connectivity index (χ4n) is 1.23. The van der Waals surface area contributed by atoms with E-state index in [0.29, 0.717) is 12.5 Å². The third kappa shape index (κ3) is 2.77. The van der Waals surface area contributed by atoms with Crippen molar-refractivity contribution < 1.29 is 14.3 Å². The summed E-state index contributed by atoms with van der Waals surface area (Å²) in [7, 11) is 1.89. The highest BCUT2D eigenvalue weighted by atomic mass is 17.2. The Morgan fingerprint density at radius 2 is 2.00 bits per heavy atom. The van der Waals surface area contributed by atoms with Crippen molar-refractivity contribution >= 4 is 0 Å². The molecular weight excluding hydrogens is 204 g/mol. The summed E-state index contributed by atoms with van der Waals surface area (Å²) in [5, 5.41) is 0. The van der Waals surface area contributed by atoms with E-state index < -0.39 is 0 Å². The van der Waals surface area contributed by atoms with Crippen molar-refractivity contribution in [1.82, 2.24) is 4.98 Å². The Labute approximate surface area is 94.0 Å². The molecule has 0 radical (unpaired) electrons. The molecule has 4 heteroatoms. The molecule has 0 aliphatic carbocycles. The molecule has 0 unspecified atom stereocenters. The molecule has 0 atom stereocenters. The van der Waals surface area contributed by atoms with Gasteiger partial charge in [0.15, 0.2) is 6.20 Å². The lowest BCUT2D eigenvalue weighted by Gasteiger charge is -2.02. The minimum absolute atomic E-state index is 0.400. The SMILES string of the molecule is C[n+]1ccccc1OOCc1ccncc1. The van der Waals surface area contributed by atoms with Crippen LogP contribution in [0.4, 0.5) is 0 Å². The Balaban J connectivity index is 1.87. The Kier molecular flexibility index (Phi) is 3.46. The summed E-state index contributed by atoms with van der Waals surface area (Å²) in [6, 6.07) is 9.43. The molecule has 2 rings (SSSR count). The Morgan fingerprint density at radius 1 is 1.19 bits per heavy atom. The van der Waals surface area contributed by atoms with Crippen molar-refractivity contribution in [2.24, 2.45) is 7.05 Å². The van der Waals surface area contributed by atoms with Crippen LogP contribution in [0.3, 0.4) is 0 Å².